The first kappa shape index (κ1) is 18.5. The van der Waals surface area contributed by atoms with Gasteiger partial charge in [-0.15, -0.1) is 0 Å². The molecule has 3 aliphatic carbocycles. The number of nitrogens with one attached hydrogen (secondary N) is 2. The molecule has 3 rings (SSSR count). The molecule has 0 saturated heterocycles. The lowest BCUT2D eigenvalue weighted by Crippen LogP contribution is -2.56. The fourth-order valence-corrected chi connectivity index (χ4v) is 6.50. The van der Waals surface area contributed by atoms with E-state index in [0.717, 1.165) is 28.8 Å². The van der Waals surface area contributed by atoms with Crippen LogP contribution in [0.25, 0.3) is 0 Å². The Bertz CT molecular complexity index is 414. The Balaban J connectivity index is 1.60. The largest absolute Gasteiger partial charge is 0.359 e. The van der Waals surface area contributed by atoms with Crippen LogP contribution in [0.1, 0.15) is 91.4 Å². The smallest absolute Gasteiger partial charge is 0.166 e. The summed E-state index contributed by atoms with van der Waals surface area (Å²) < 4.78 is 0. The van der Waals surface area contributed by atoms with Gasteiger partial charge in [-0.1, -0.05) is 46.5 Å². The molecule has 2 bridgehead atoms. The van der Waals surface area contributed by atoms with Gasteiger partial charge in [0.25, 0.3) is 0 Å². The summed E-state index contributed by atoms with van der Waals surface area (Å²) in [6.45, 7) is 7.07. The molecule has 2 nitrogen and oxygen atoms in total. The van der Waals surface area contributed by atoms with Crippen molar-refractivity contribution in [1.82, 2.24) is 10.6 Å². The highest BCUT2D eigenvalue weighted by molar-refractivity contribution is 7.80. The van der Waals surface area contributed by atoms with Crippen LogP contribution in [-0.2, 0) is 0 Å². The molecule has 0 amide bonds. The minimum absolute atomic E-state index is 0.345. The van der Waals surface area contributed by atoms with Gasteiger partial charge in [0.05, 0.1) is 0 Å². The molecule has 2 atom stereocenters. The highest BCUT2D eigenvalue weighted by atomic mass is 32.1. The standard InChI is InChI=1S/C21H38N2S/c1-4-7-16-12-17(5-2)19(18(6-3)13-16)22-20(24)23-21-10-8-15(14-21)9-11-21/h15-19H,4-14H2,1-3H3,(H2,22,23,24). The number of fused-ring (bicyclic) bond motifs is 2. The SMILES string of the molecule is CCCC1CC(CC)C(NC(=S)NC23CCC(CC2)C3)C(CC)C1. The fraction of sp³-hybridized carbons (Fsp3) is 0.952. The normalized spacial score (nSPS) is 41.4. The van der Waals surface area contributed by atoms with Gasteiger partial charge >= 0.3 is 0 Å². The van der Waals surface area contributed by atoms with E-state index in [9.17, 15) is 0 Å². The Morgan fingerprint density at radius 2 is 1.67 bits per heavy atom. The molecular weight excluding hydrogens is 312 g/mol. The molecule has 138 valence electrons. The molecular formula is C21H38N2S. The molecule has 0 aliphatic heterocycles. The zero-order valence-corrected chi connectivity index (χ0v) is 16.9. The van der Waals surface area contributed by atoms with Gasteiger partial charge in [-0.25, -0.2) is 0 Å². The van der Waals surface area contributed by atoms with Crippen LogP contribution in [0.5, 0.6) is 0 Å². The number of thiocarbonyl (C=S) groups is 1. The maximum Gasteiger partial charge on any atom is 0.166 e. The average Bonchev–Trinajstić information content (AvgIpc) is 3.16. The highest BCUT2D eigenvalue weighted by Gasteiger charge is 2.45. The quantitative estimate of drug-likeness (QED) is 0.626. The molecule has 0 spiro atoms. The average molecular weight is 351 g/mol. The van der Waals surface area contributed by atoms with E-state index < -0.39 is 0 Å². The first-order valence-corrected chi connectivity index (χ1v) is 11.1. The van der Waals surface area contributed by atoms with Crippen LogP contribution in [0, 0.1) is 23.7 Å². The number of rotatable bonds is 6. The molecule has 0 aromatic carbocycles. The van der Waals surface area contributed by atoms with Crippen LogP contribution in [0.15, 0.2) is 0 Å². The number of hydrogen-bond donors (Lipinski definition) is 2. The summed E-state index contributed by atoms with van der Waals surface area (Å²) in [6.07, 6.45) is 14.9. The molecule has 2 N–H and O–H groups in total. The molecule has 2 unspecified atom stereocenters. The third kappa shape index (κ3) is 3.92. The van der Waals surface area contributed by atoms with Gasteiger partial charge in [0.15, 0.2) is 5.11 Å². The van der Waals surface area contributed by atoms with Gasteiger partial charge in [0.1, 0.15) is 0 Å². The van der Waals surface area contributed by atoms with Gasteiger partial charge < -0.3 is 10.6 Å². The topological polar surface area (TPSA) is 24.1 Å². The molecule has 3 heteroatoms. The van der Waals surface area contributed by atoms with Gasteiger partial charge in [-0.3, -0.25) is 0 Å². The summed E-state index contributed by atoms with van der Waals surface area (Å²) in [5.74, 6) is 3.49. The molecule has 3 saturated carbocycles. The van der Waals surface area contributed by atoms with Crippen molar-refractivity contribution in [3.8, 4) is 0 Å². The van der Waals surface area contributed by atoms with Crippen molar-refractivity contribution in [3.63, 3.8) is 0 Å². The third-order valence-electron chi connectivity index (χ3n) is 7.45. The zero-order chi connectivity index (χ0) is 17.2. The van der Waals surface area contributed by atoms with Crippen molar-refractivity contribution in [2.24, 2.45) is 23.7 Å². The minimum atomic E-state index is 0.345. The Hall–Kier alpha value is -0.310. The van der Waals surface area contributed by atoms with Crippen molar-refractivity contribution < 1.29 is 0 Å². The Labute approximate surface area is 154 Å². The molecule has 0 heterocycles. The summed E-state index contributed by atoms with van der Waals surface area (Å²) in [5.41, 5.74) is 0.345. The lowest BCUT2D eigenvalue weighted by Gasteiger charge is -2.43. The van der Waals surface area contributed by atoms with Crippen LogP contribution in [0.2, 0.25) is 0 Å². The van der Waals surface area contributed by atoms with Crippen LogP contribution >= 0.6 is 12.2 Å². The summed E-state index contributed by atoms with van der Waals surface area (Å²) >= 11 is 5.79. The first-order chi connectivity index (χ1) is 11.6. The summed E-state index contributed by atoms with van der Waals surface area (Å²) in [4.78, 5) is 0. The molecule has 3 fully saturated rings. The van der Waals surface area contributed by atoms with Crippen LogP contribution in [-0.4, -0.2) is 16.7 Å². The number of hydrogen-bond acceptors (Lipinski definition) is 1. The fourth-order valence-electron chi connectivity index (χ4n) is 6.15. The molecule has 0 aromatic heterocycles. The van der Waals surface area contributed by atoms with Gasteiger partial charge in [0, 0.05) is 11.6 Å². The van der Waals surface area contributed by atoms with Crippen molar-refractivity contribution in [2.75, 3.05) is 0 Å². The predicted octanol–water partition coefficient (Wildman–Crippen LogP) is 5.41. The van der Waals surface area contributed by atoms with E-state index in [0.29, 0.717) is 11.6 Å². The lowest BCUT2D eigenvalue weighted by atomic mass is 9.68. The molecule has 0 radical (unpaired) electrons. The van der Waals surface area contributed by atoms with Crippen molar-refractivity contribution in [3.05, 3.63) is 0 Å². The highest BCUT2D eigenvalue weighted by Crippen LogP contribution is 2.47. The van der Waals surface area contributed by atoms with E-state index in [2.05, 4.69) is 31.4 Å². The van der Waals surface area contributed by atoms with E-state index in [-0.39, 0.29) is 0 Å². The summed E-state index contributed by atoms with van der Waals surface area (Å²) in [7, 11) is 0. The van der Waals surface area contributed by atoms with Crippen molar-refractivity contribution in [1.29, 1.82) is 0 Å². The van der Waals surface area contributed by atoms with Gasteiger partial charge in [-0.2, -0.15) is 0 Å². The van der Waals surface area contributed by atoms with Crippen LogP contribution in [0.4, 0.5) is 0 Å². The Kier molecular flexibility index (Phi) is 6.11. The molecule has 0 aromatic rings. The second kappa shape index (κ2) is 7.93. The molecule has 24 heavy (non-hydrogen) atoms. The second-order valence-electron chi connectivity index (χ2n) is 9.01. The Morgan fingerprint density at radius 1 is 1.04 bits per heavy atom. The van der Waals surface area contributed by atoms with Crippen molar-refractivity contribution >= 4 is 17.3 Å². The zero-order valence-electron chi connectivity index (χ0n) is 16.1. The van der Waals surface area contributed by atoms with E-state index >= 15 is 0 Å². The minimum Gasteiger partial charge on any atom is -0.359 e. The van der Waals surface area contributed by atoms with Gasteiger partial charge in [0.2, 0.25) is 0 Å². The maximum atomic E-state index is 5.79. The first-order valence-electron chi connectivity index (χ1n) is 10.7. The monoisotopic (exact) mass is 350 g/mol. The third-order valence-corrected chi connectivity index (χ3v) is 7.67. The lowest BCUT2D eigenvalue weighted by molar-refractivity contribution is 0.133. The van der Waals surface area contributed by atoms with E-state index in [1.165, 1.54) is 70.6 Å². The van der Waals surface area contributed by atoms with E-state index in [1.807, 2.05) is 0 Å². The Morgan fingerprint density at radius 3 is 2.12 bits per heavy atom. The van der Waals surface area contributed by atoms with Crippen molar-refractivity contribution in [2.45, 2.75) is 103 Å². The van der Waals surface area contributed by atoms with Crippen LogP contribution < -0.4 is 10.6 Å². The maximum absolute atomic E-state index is 5.79. The summed E-state index contributed by atoms with van der Waals surface area (Å²) in [6, 6.07) is 0.586. The van der Waals surface area contributed by atoms with Gasteiger partial charge in [-0.05, 0) is 80.8 Å². The summed E-state index contributed by atoms with van der Waals surface area (Å²) in [5, 5.41) is 8.54. The van der Waals surface area contributed by atoms with E-state index in [1.54, 1.807) is 0 Å². The second-order valence-corrected chi connectivity index (χ2v) is 9.42. The van der Waals surface area contributed by atoms with Crippen LogP contribution in [0.3, 0.4) is 0 Å². The van der Waals surface area contributed by atoms with E-state index in [4.69, 9.17) is 12.2 Å². The molecule has 3 aliphatic rings. The predicted molar refractivity (Wildman–Crippen MR) is 107 cm³/mol.